The second-order valence-corrected chi connectivity index (χ2v) is 5.83. The minimum absolute atomic E-state index is 0.128. The van der Waals surface area contributed by atoms with Crippen molar-refractivity contribution in [1.29, 1.82) is 0 Å². The fourth-order valence-electron chi connectivity index (χ4n) is 3.29. The third kappa shape index (κ3) is 1.78. The summed E-state index contributed by atoms with van der Waals surface area (Å²) in [5.41, 5.74) is 7.70. The highest BCUT2D eigenvalue weighted by molar-refractivity contribution is 6.05. The lowest BCUT2D eigenvalue weighted by molar-refractivity contribution is -0.126. The topological polar surface area (TPSA) is 83.3 Å². The number of ether oxygens (including phenoxy) is 4. The quantitative estimate of drug-likeness (QED) is 0.843. The molecule has 1 fully saturated rings. The molecule has 7 nitrogen and oxygen atoms in total. The number of nitrogens with zero attached hydrogens (tertiary/aromatic N) is 1. The summed E-state index contributed by atoms with van der Waals surface area (Å²) in [4.78, 5) is 14.0. The first-order valence-electron chi connectivity index (χ1n) is 7.60. The van der Waals surface area contributed by atoms with Crippen molar-refractivity contribution in [2.24, 2.45) is 5.73 Å². The largest absolute Gasteiger partial charge is 0.454 e. The Morgan fingerprint density at radius 3 is 2.25 bits per heavy atom. The predicted molar refractivity (Wildman–Crippen MR) is 83.3 cm³/mol. The van der Waals surface area contributed by atoms with Gasteiger partial charge in [0.25, 0.3) is 0 Å². The molecule has 2 N–H and O–H groups in total. The summed E-state index contributed by atoms with van der Waals surface area (Å²) in [5, 5.41) is 0. The van der Waals surface area contributed by atoms with Gasteiger partial charge in [0, 0.05) is 11.8 Å². The summed E-state index contributed by atoms with van der Waals surface area (Å²) >= 11 is 0. The Morgan fingerprint density at radius 2 is 1.50 bits per heavy atom. The van der Waals surface area contributed by atoms with Crippen LogP contribution in [0.5, 0.6) is 23.0 Å². The molecule has 0 spiro atoms. The van der Waals surface area contributed by atoms with Gasteiger partial charge in [0.15, 0.2) is 23.0 Å². The van der Waals surface area contributed by atoms with Crippen molar-refractivity contribution in [2.75, 3.05) is 18.5 Å². The molecule has 2 aromatic carbocycles. The fourth-order valence-corrected chi connectivity index (χ4v) is 3.29. The summed E-state index contributed by atoms with van der Waals surface area (Å²) in [6, 6.07) is 10.2. The first-order chi connectivity index (χ1) is 11.7. The molecule has 0 bridgehead atoms. The molecule has 0 aromatic heterocycles. The zero-order chi connectivity index (χ0) is 16.3. The van der Waals surface area contributed by atoms with Gasteiger partial charge >= 0.3 is 0 Å². The number of benzene rings is 2. The molecular weight excluding hydrogens is 312 g/mol. The van der Waals surface area contributed by atoms with Crippen molar-refractivity contribution in [3.05, 3.63) is 42.0 Å². The van der Waals surface area contributed by atoms with Gasteiger partial charge in [-0.3, -0.25) is 4.79 Å². The van der Waals surface area contributed by atoms with Crippen LogP contribution >= 0.6 is 0 Å². The maximum atomic E-state index is 12.4. The number of nitrogens with two attached hydrogens (primary N) is 1. The van der Waals surface area contributed by atoms with E-state index >= 15 is 0 Å². The van der Waals surface area contributed by atoms with Gasteiger partial charge in [-0.25, -0.2) is 0 Å². The average Bonchev–Trinajstić information content (AvgIpc) is 3.25. The Bertz CT molecular complexity index is 853. The summed E-state index contributed by atoms with van der Waals surface area (Å²) < 4.78 is 21.5. The van der Waals surface area contributed by atoms with Crippen LogP contribution in [0.1, 0.15) is 11.6 Å². The summed E-state index contributed by atoms with van der Waals surface area (Å²) in [7, 11) is 0. The highest BCUT2D eigenvalue weighted by atomic mass is 16.7. The monoisotopic (exact) mass is 326 g/mol. The molecule has 2 atom stereocenters. The second kappa shape index (κ2) is 4.78. The van der Waals surface area contributed by atoms with Gasteiger partial charge in [0.2, 0.25) is 19.5 Å². The van der Waals surface area contributed by atoms with Crippen molar-refractivity contribution in [3.8, 4) is 23.0 Å². The highest BCUT2D eigenvalue weighted by Gasteiger charge is 2.47. The van der Waals surface area contributed by atoms with E-state index in [1.165, 1.54) is 0 Å². The Balaban J connectivity index is 1.52. The molecule has 1 amide bonds. The number of β-lactam (4-membered cyclic amide) rings is 1. The minimum atomic E-state index is -0.587. The molecule has 24 heavy (non-hydrogen) atoms. The molecule has 0 unspecified atom stereocenters. The van der Waals surface area contributed by atoms with Gasteiger partial charge in [-0.2, -0.15) is 0 Å². The normalized spacial score (nSPS) is 23.4. The van der Waals surface area contributed by atoms with Crippen LogP contribution in [0.15, 0.2) is 36.4 Å². The number of rotatable bonds is 2. The molecule has 0 radical (unpaired) electrons. The van der Waals surface area contributed by atoms with Crippen molar-refractivity contribution in [3.63, 3.8) is 0 Å². The summed E-state index contributed by atoms with van der Waals surface area (Å²) in [6.07, 6.45) is 0. The maximum absolute atomic E-state index is 12.4. The Morgan fingerprint density at radius 1 is 0.875 bits per heavy atom. The molecule has 3 heterocycles. The van der Waals surface area contributed by atoms with E-state index < -0.39 is 6.04 Å². The average molecular weight is 326 g/mol. The van der Waals surface area contributed by atoms with E-state index in [4.69, 9.17) is 24.7 Å². The lowest BCUT2D eigenvalue weighted by Gasteiger charge is -2.45. The summed E-state index contributed by atoms with van der Waals surface area (Å²) in [6.45, 7) is 0.401. The van der Waals surface area contributed by atoms with Gasteiger partial charge in [-0.05, 0) is 29.8 Å². The molecule has 5 rings (SSSR count). The van der Waals surface area contributed by atoms with Gasteiger partial charge in [0.05, 0.1) is 6.04 Å². The first kappa shape index (κ1) is 13.5. The molecule has 1 saturated heterocycles. The Hall–Kier alpha value is -2.93. The zero-order valence-corrected chi connectivity index (χ0v) is 12.6. The second-order valence-electron chi connectivity index (χ2n) is 5.83. The number of fused-ring (bicyclic) bond motifs is 2. The molecule has 7 heteroatoms. The van der Waals surface area contributed by atoms with Crippen LogP contribution in [0.25, 0.3) is 0 Å². The van der Waals surface area contributed by atoms with Crippen LogP contribution in [-0.2, 0) is 4.79 Å². The van der Waals surface area contributed by atoms with Gasteiger partial charge < -0.3 is 29.6 Å². The van der Waals surface area contributed by atoms with Crippen LogP contribution in [0.4, 0.5) is 5.69 Å². The molecule has 122 valence electrons. The number of carbonyl (C=O) groups excluding carboxylic acids is 1. The fraction of sp³-hybridized carbons (Fsp3) is 0.235. The SMILES string of the molecule is N[C@H]1C(=O)N(c2ccc3c(c2)OCO3)[C@@H]1c1ccc2c(c1)OCO2. The van der Waals surface area contributed by atoms with Crippen LogP contribution < -0.4 is 29.6 Å². The Labute approximate surface area is 137 Å². The summed E-state index contributed by atoms with van der Waals surface area (Å²) in [5.74, 6) is 2.55. The molecule has 0 saturated carbocycles. The molecule has 3 aliphatic rings. The maximum Gasteiger partial charge on any atom is 0.247 e. The first-order valence-corrected chi connectivity index (χ1v) is 7.60. The van der Waals surface area contributed by atoms with Crippen molar-refractivity contribution >= 4 is 11.6 Å². The number of anilines is 1. The van der Waals surface area contributed by atoms with E-state index in [0.29, 0.717) is 23.0 Å². The van der Waals surface area contributed by atoms with E-state index in [0.717, 1.165) is 11.3 Å². The molecule has 0 aliphatic carbocycles. The number of carbonyl (C=O) groups is 1. The van der Waals surface area contributed by atoms with Gasteiger partial charge in [-0.1, -0.05) is 6.07 Å². The van der Waals surface area contributed by atoms with Crippen LogP contribution in [0, 0.1) is 0 Å². The van der Waals surface area contributed by atoms with Crippen molar-refractivity contribution in [1.82, 2.24) is 0 Å². The lowest BCUT2D eigenvalue weighted by atomic mass is 9.88. The zero-order valence-electron chi connectivity index (χ0n) is 12.6. The molecule has 3 aliphatic heterocycles. The van der Waals surface area contributed by atoms with E-state index in [1.807, 2.05) is 24.3 Å². The molecular formula is C17H14N2O5. The van der Waals surface area contributed by atoms with E-state index in [2.05, 4.69) is 0 Å². The van der Waals surface area contributed by atoms with E-state index in [1.54, 1.807) is 17.0 Å². The van der Waals surface area contributed by atoms with Crippen LogP contribution in [0.3, 0.4) is 0 Å². The number of amides is 1. The smallest absolute Gasteiger partial charge is 0.247 e. The van der Waals surface area contributed by atoms with Crippen LogP contribution in [0.2, 0.25) is 0 Å². The minimum Gasteiger partial charge on any atom is -0.454 e. The van der Waals surface area contributed by atoms with Gasteiger partial charge in [0.1, 0.15) is 6.04 Å². The van der Waals surface area contributed by atoms with E-state index in [9.17, 15) is 4.79 Å². The number of hydrogen-bond acceptors (Lipinski definition) is 6. The van der Waals surface area contributed by atoms with Crippen molar-refractivity contribution in [2.45, 2.75) is 12.1 Å². The highest BCUT2D eigenvalue weighted by Crippen LogP contribution is 2.44. The van der Waals surface area contributed by atoms with E-state index in [-0.39, 0.29) is 25.5 Å². The predicted octanol–water partition coefficient (Wildman–Crippen LogP) is 1.56. The Kier molecular flexibility index (Phi) is 2.69. The van der Waals surface area contributed by atoms with Crippen LogP contribution in [-0.4, -0.2) is 25.5 Å². The molecule has 2 aromatic rings. The standard InChI is InChI=1S/C17H14N2O5/c18-15-16(9-1-3-11-13(5-9)23-7-21-11)19(17(15)20)10-2-4-12-14(6-10)24-8-22-12/h1-6,15-16H,7-8,18H2/t15-,16-/m1/s1. The third-order valence-corrected chi connectivity index (χ3v) is 4.51. The third-order valence-electron chi connectivity index (χ3n) is 4.51. The van der Waals surface area contributed by atoms with Gasteiger partial charge in [-0.15, -0.1) is 0 Å². The number of hydrogen-bond donors (Lipinski definition) is 1. The lowest BCUT2D eigenvalue weighted by Crippen LogP contribution is -2.63. The van der Waals surface area contributed by atoms with Crippen molar-refractivity contribution < 1.29 is 23.7 Å².